The van der Waals surface area contributed by atoms with Crippen LogP contribution in [0.3, 0.4) is 0 Å². The molecular formula is C27H35N5O4. The number of benzene rings is 1. The van der Waals surface area contributed by atoms with Crippen molar-refractivity contribution in [1.29, 1.82) is 0 Å². The van der Waals surface area contributed by atoms with E-state index in [1.165, 1.54) is 0 Å². The highest BCUT2D eigenvalue weighted by atomic mass is 16.5. The number of carbonyl (C=O) groups excluding carboxylic acids is 1. The minimum atomic E-state index is -0.929. The average molecular weight is 494 g/mol. The lowest BCUT2D eigenvalue weighted by Crippen LogP contribution is -2.26. The number of nitrogens with one attached hydrogen (secondary N) is 2. The number of rotatable bonds is 12. The van der Waals surface area contributed by atoms with Gasteiger partial charge in [-0.1, -0.05) is 25.9 Å². The fourth-order valence-electron chi connectivity index (χ4n) is 3.98. The van der Waals surface area contributed by atoms with Crippen LogP contribution in [0.2, 0.25) is 0 Å². The van der Waals surface area contributed by atoms with Crippen LogP contribution in [0.25, 0.3) is 22.8 Å². The molecule has 1 aromatic carbocycles. The Balaban J connectivity index is 1.77. The molecule has 0 spiro atoms. The van der Waals surface area contributed by atoms with E-state index in [9.17, 15) is 9.59 Å². The van der Waals surface area contributed by atoms with Crippen molar-refractivity contribution in [3.8, 4) is 22.8 Å². The highest BCUT2D eigenvalue weighted by Crippen LogP contribution is 2.28. The molecule has 9 heteroatoms. The summed E-state index contributed by atoms with van der Waals surface area (Å²) in [5.74, 6) is 1.13. The fraction of sp³-hybridized carbons (Fsp3) is 0.444. The Kier molecular flexibility index (Phi) is 9.16. The zero-order chi connectivity index (χ0) is 26.2. The maximum Gasteiger partial charge on any atom is 0.305 e. The lowest BCUT2D eigenvalue weighted by molar-refractivity contribution is -0.136. The summed E-state index contributed by atoms with van der Waals surface area (Å²) in [7, 11) is 0. The molecule has 3 aromatic rings. The number of carboxylic acids is 1. The van der Waals surface area contributed by atoms with Gasteiger partial charge in [-0.25, -0.2) is 4.98 Å². The highest BCUT2D eigenvalue weighted by Gasteiger charge is 2.16. The van der Waals surface area contributed by atoms with Crippen LogP contribution in [-0.4, -0.2) is 45.2 Å². The van der Waals surface area contributed by atoms with Crippen LogP contribution >= 0.6 is 0 Å². The molecule has 0 fully saturated rings. The van der Waals surface area contributed by atoms with Crippen LogP contribution in [0.5, 0.6) is 0 Å². The van der Waals surface area contributed by atoms with Gasteiger partial charge in [0.25, 0.3) is 5.89 Å². The van der Waals surface area contributed by atoms with Gasteiger partial charge in [-0.2, -0.15) is 4.98 Å². The molecule has 0 radical (unpaired) electrons. The van der Waals surface area contributed by atoms with Crippen molar-refractivity contribution < 1.29 is 19.2 Å². The Morgan fingerprint density at radius 1 is 1.06 bits per heavy atom. The summed E-state index contributed by atoms with van der Waals surface area (Å²) in [5, 5.41) is 18.9. The van der Waals surface area contributed by atoms with E-state index >= 15 is 0 Å². The van der Waals surface area contributed by atoms with Gasteiger partial charge in [0.1, 0.15) is 5.82 Å². The maximum atomic E-state index is 12.1. The first-order chi connectivity index (χ1) is 17.2. The van der Waals surface area contributed by atoms with Crippen LogP contribution < -0.4 is 10.6 Å². The topological polar surface area (TPSA) is 130 Å². The second-order valence-electron chi connectivity index (χ2n) is 9.36. The standard InChI is InChI=1S/C27H35N5O4/c1-6-19-13-20(11-17(4)22(19)7-8-24(33)28-10-9-25(34)35)26-31-27(36-32-26)21-12-18(5)30-23(14-21)29-15-16(2)3/h11-14,16H,6-10,15H2,1-5H3,(H,28,33)(H,29,30)(H,34,35). The molecule has 36 heavy (non-hydrogen) atoms. The highest BCUT2D eigenvalue weighted by molar-refractivity contribution is 5.77. The number of hydrogen-bond donors (Lipinski definition) is 3. The van der Waals surface area contributed by atoms with Gasteiger partial charge in [0, 0.05) is 36.3 Å². The van der Waals surface area contributed by atoms with E-state index < -0.39 is 5.97 Å². The van der Waals surface area contributed by atoms with E-state index in [1.807, 2.05) is 38.1 Å². The molecule has 3 N–H and O–H groups in total. The molecule has 2 aromatic heterocycles. The summed E-state index contributed by atoms with van der Waals surface area (Å²) in [6.45, 7) is 11.3. The van der Waals surface area contributed by atoms with Gasteiger partial charge in [-0.05, 0) is 73.6 Å². The second-order valence-corrected chi connectivity index (χ2v) is 9.36. The zero-order valence-electron chi connectivity index (χ0n) is 21.6. The molecule has 0 unspecified atom stereocenters. The Bertz CT molecular complexity index is 1220. The average Bonchev–Trinajstić information content (AvgIpc) is 3.31. The summed E-state index contributed by atoms with van der Waals surface area (Å²) in [6, 6.07) is 7.90. The maximum absolute atomic E-state index is 12.1. The summed E-state index contributed by atoms with van der Waals surface area (Å²) in [6.07, 6.45) is 1.59. The lowest BCUT2D eigenvalue weighted by atomic mass is 9.93. The molecule has 192 valence electrons. The number of aromatic nitrogens is 3. The largest absolute Gasteiger partial charge is 0.481 e. The summed E-state index contributed by atoms with van der Waals surface area (Å²) >= 11 is 0. The summed E-state index contributed by atoms with van der Waals surface area (Å²) < 4.78 is 5.61. The first-order valence-corrected chi connectivity index (χ1v) is 12.3. The van der Waals surface area contributed by atoms with Gasteiger partial charge >= 0.3 is 5.97 Å². The Morgan fingerprint density at radius 2 is 1.83 bits per heavy atom. The molecular weight excluding hydrogens is 458 g/mol. The van der Waals surface area contributed by atoms with Crippen molar-refractivity contribution in [2.75, 3.05) is 18.4 Å². The van der Waals surface area contributed by atoms with Gasteiger partial charge < -0.3 is 20.3 Å². The van der Waals surface area contributed by atoms with Crippen molar-refractivity contribution in [1.82, 2.24) is 20.4 Å². The number of nitrogens with zero attached hydrogens (tertiary/aromatic N) is 3. The molecule has 1 amide bonds. The van der Waals surface area contributed by atoms with Crippen molar-refractivity contribution in [3.63, 3.8) is 0 Å². The van der Waals surface area contributed by atoms with Gasteiger partial charge in [0.05, 0.1) is 6.42 Å². The Morgan fingerprint density at radius 3 is 2.53 bits per heavy atom. The van der Waals surface area contributed by atoms with E-state index in [0.717, 1.165) is 52.3 Å². The van der Waals surface area contributed by atoms with Crippen LogP contribution in [0.1, 0.15) is 56.0 Å². The molecule has 0 saturated carbocycles. The molecule has 0 aliphatic carbocycles. The molecule has 0 aliphatic heterocycles. The van der Waals surface area contributed by atoms with Crippen LogP contribution in [0.4, 0.5) is 5.82 Å². The minimum absolute atomic E-state index is 0.0821. The molecule has 3 rings (SSSR count). The number of carboxylic acid groups (broad SMARTS) is 1. The normalized spacial score (nSPS) is 11.1. The molecule has 0 bridgehead atoms. The first-order valence-electron chi connectivity index (χ1n) is 12.3. The number of aryl methyl sites for hydroxylation is 3. The van der Waals surface area contributed by atoms with E-state index in [1.54, 1.807) is 0 Å². The molecule has 0 atom stereocenters. The molecule has 0 saturated heterocycles. The van der Waals surface area contributed by atoms with Gasteiger partial charge in [0.2, 0.25) is 11.7 Å². The summed E-state index contributed by atoms with van der Waals surface area (Å²) in [4.78, 5) is 31.9. The van der Waals surface area contributed by atoms with Gasteiger partial charge in [-0.3, -0.25) is 9.59 Å². The van der Waals surface area contributed by atoms with Crippen molar-refractivity contribution in [2.24, 2.45) is 5.92 Å². The van der Waals surface area contributed by atoms with Crippen LogP contribution in [0, 0.1) is 19.8 Å². The number of pyridine rings is 1. The molecule has 0 aliphatic rings. The third-order valence-electron chi connectivity index (χ3n) is 5.79. The molecule has 2 heterocycles. The minimum Gasteiger partial charge on any atom is -0.481 e. The first kappa shape index (κ1) is 26.8. The predicted octanol–water partition coefficient (Wildman–Crippen LogP) is 4.57. The van der Waals surface area contributed by atoms with Crippen molar-refractivity contribution in [3.05, 3.63) is 46.6 Å². The van der Waals surface area contributed by atoms with Crippen LogP contribution in [0.15, 0.2) is 28.8 Å². The predicted molar refractivity (Wildman–Crippen MR) is 139 cm³/mol. The van der Waals surface area contributed by atoms with Gasteiger partial charge in [0.15, 0.2) is 0 Å². The number of amides is 1. The third kappa shape index (κ3) is 7.37. The Labute approximate surface area is 211 Å². The number of anilines is 1. The van der Waals surface area contributed by atoms with E-state index in [-0.39, 0.29) is 18.9 Å². The molecule has 9 nitrogen and oxygen atoms in total. The fourth-order valence-corrected chi connectivity index (χ4v) is 3.98. The third-order valence-corrected chi connectivity index (χ3v) is 5.79. The SMILES string of the molecule is CCc1cc(-c2noc(-c3cc(C)nc(NCC(C)C)c3)n2)cc(C)c1CCC(=O)NCCC(=O)O. The van der Waals surface area contributed by atoms with Crippen molar-refractivity contribution in [2.45, 2.75) is 60.3 Å². The van der Waals surface area contributed by atoms with E-state index in [0.29, 0.717) is 30.5 Å². The second kappa shape index (κ2) is 12.3. The van der Waals surface area contributed by atoms with Gasteiger partial charge in [-0.15, -0.1) is 0 Å². The Hall–Kier alpha value is -3.75. The zero-order valence-corrected chi connectivity index (χ0v) is 21.6. The summed E-state index contributed by atoms with van der Waals surface area (Å²) in [5.41, 5.74) is 5.81. The number of hydrogen-bond acceptors (Lipinski definition) is 7. The van der Waals surface area contributed by atoms with Crippen molar-refractivity contribution >= 4 is 17.7 Å². The van der Waals surface area contributed by atoms with E-state index in [2.05, 4.69) is 46.5 Å². The monoisotopic (exact) mass is 493 g/mol. The lowest BCUT2D eigenvalue weighted by Gasteiger charge is -2.13. The quantitative estimate of drug-likeness (QED) is 0.334. The number of aliphatic carboxylic acids is 1. The van der Waals surface area contributed by atoms with Crippen LogP contribution in [-0.2, 0) is 22.4 Å². The van der Waals surface area contributed by atoms with E-state index in [4.69, 9.17) is 9.63 Å². The number of carbonyl (C=O) groups is 2. The smallest absolute Gasteiger partial charge is 0.305 e.